The van der Waals surface area contributed by atoms with E-state index in [4.69, 9.17) is 0 Å². The minimum absolute atomic E-state index is 0. The van der Waals surface area contributed by atoms with Crippen LogP contribution in [0.5, 0.6) is 0 Å². The summed E-state index contributed by atoms with van der Waals surface area (Å²) in [5, 5.41) is 3.20. The van der Waals surface area contributed by atoms with Crippen molar-refractivity contribution in [1.82, 2.24) is 5.32 Å². The highest BCUT2D eigenvalue weighted by Crippen LogP contribution is 2.26. The van der Waals surface area contributed by atoms with Gasteiger partial charge >= 0.3 is 0 Å². The molecule has 0 aliphatic rings. The maximum absolute atomic E-state index is 12.5. The van der Waals surface area contributed by atoms with Crippen LogP contribution in [0, 0.1) is 5.41 Å². The SMILES string of the molecule is CCC(C)(C)C(=O)NC(c1ccccc1)c1ccccc1.[HH]. The predicted octanol–water partition coefficient (Wildman–Crippen LogP) is 4.57. The van der Waals surface area contributed by atoms with Crippen LogP contribution in [-0.2, 0) is 4.79 Å². The van der Waals surface area contributed by atoms with Crippen LogP contribution in [0.3, 0.4) is 0 Å². The third-order valence-corrected chi connectivity index (χ3v) is 4.04. The van der Waals surface area contributed by atoms with Crippen molar-refractivity contribution in [2.24, 2.45) is 5.41 Å². The first-order chi connectivity index (χ1) is 10.0. The second-order valence-electron chi connectivity index (χ2n) is 5.97. The zero-order chi connectivity index (χ0) is 15.3. The molecule has 1 N–H and O–H groups in total. The molecule has 0 spiro atoms. The third kappa shape index (κ3) is 3.72. The van der Waals surface area contributed by atoms with E-state index in [1.54, 1.807) is 0 Å². The number of amides is 1. The Morgan fingerprint density at radius 3 is 1.81 bits per heavy atom. The molecule has 2 aromatic carbocycles. The summed E-state index contributed by atoms with van der Waals surface area (Å²) >= 11 is 0. The molecule has 0 aliphatic carbocycles. The maximum atomic E-state index is 12.5. The van der Waals surface area contributed by atoms with E-state index >= 15 is 0 Å². The van der Waals surface area contributed by atoms with Crippen molar-refractivity contribution in [2.45, 2.75) is 33.2 Å². The zero-order valence-electron chi connectivity index (χ0n) is 13.0. The Balaban J connectivity index is 0.00000242. The molecule has 0 heterocycles. The molecule has 2 heteroatoms. The Morgan fingerprint density at radius 2 is 1.43 bits per heavy atom. The molecule has 0 saturated carbocycles. The largest absolute Gasteiger partial charge is 0.345 e. The monoisotopic (exact) mass is 283 g/mol. The summed E-state index contributed by atoms with van der Waals surface area (Å²) in [7, 11) is 0. The van der Waals surface area contributed by atoms with Gasteiger partial charge in [-0.25, -0.2) is 0 Å². The van der Waals surface area contributed by atoms with Crippen LogP contribution in [0.1, 0.15) is 45.8 Å². The fraction of sp³-hybridized carbons (Fsp3) is 0.316. The molecule has 0 fully saturated rings. The van der Waals surface area contributed by atoms with Crippen molar-refractivity contribution in [3.63, 3.8) is 0 Å². The van der Waals surface area contributed by atoms with Crippen molar-refractivity contribution in [3.05, 3.63) is 71.8 Å². The second-order valence-corrected chi connectivity index (χ2v) is 5.97. The zero-order valence-corrected chi connectivity index (χ0v) is 13.0. The number of carbonyl (C=O) groups excluding carboxylic acids is 1. The van der Waals surface area contributed by atoms with E-state index in [9.17, 15) is 4.79 Å². The third-order valence-electron chi connectivity index (χ3n) is 4.04. The lowest BCUT2D eigenvalue weighted by Gasteiger charge is -2.27. The molecule has 1 amide bonds. The lowest BCUT2D eigenvalue weighted by molar-refractivity contribution is -0.130. The van der Waals surface area contributed by atoms with E-state index in [0.29, 0.717) is 0 Å². The molecule has 0 radical (unpaired) electrons. The van der Waals surface area contributed by atoms with Crippen molar-refractivity contribution in [2.75, 3.05) is 0 Å². The average molecular weight is 283 g/mol. The van der Waals surface area contributed by atoms with Crippen LogP contribution in [0.25, 0.3) is 0 Å². The summed E-state index contributed by atoms with van der Waals surface area (Å²) in [6.45, 7) is 6.00. The normalized spacial score (nSPS) is 11.4. The highest BCUT2D eigenvalue weighted by molar-refractivity contribution is 5.82. The fourth-order valence-electron chi connectivity index (χ4n) is 2.14. The molecular weight excluding hydrogens is 258 g/mol. The van der Waals surface area contributed by atoms with Crippen molar-refractivity contribution in [3.8, 4) is 0 Å². The van der Waals surface area contributed by atoms with Crippen LogP contribution in [0.2, 0.25) is 0 Å². The van der Waals surface area contributed by atoms with E-state index in [0.717, 1.165) is 17.5 Å². The highest BCUT2D eigenvalue weighted by Gasteiger charge is 2.28. The maximum Gasteiger partial charge on any atom is 0.226 e. The van der Waals surface area contributed by atoms with E-state index < -0.39 is 0 Å². The molecule has 0 atom stereocenters. The number of hydrogen-bond acceptors (Lipinski definition) is 1. The van der Waals surface area contributed by atoms with Gasteiger partial charge in [-0.05, 0) is 17.5 Å². The predicted molar refractivity (Wildman–Crippen MR) is 89.1 cm³/mol. The molecule has 0 bridgehead atoms. The fourth-order valence-corrected chi connectivity index (χ4v) is 2.14. The van der Waals surface area contributed by atoms with Crippen molar-refractivity contribution in [1.29, 1.82) is 0 Å². The molecule has 0 saturated heterocycles. The van der Waals surface area contributed by atoms with E-state index in [2.05, 4.69) is 29.6 Å². The number of rotatable bonds is 5. The Kier molecular flexibility index (Phi) is 4.79. The Hall–Kier alpha value is -2.09. The summed E-state index contributed by atoms with van der Waals surface area (Å²) < 4.78 is 0. The first kappa shape index (κ1) is 15.3. The average Bonchev–Trinajstić information content (AvgIpc) is 2.54. The van der Waals surface area contributed by atoms with Crippen LogP contribution in [0.15, 0.2) is 60.7 Å². The van der Waals surface area contributed by atoms with Crippen LogP contribution in [-0.4, -0.2) is 5.91 Å². The van der Waals surface area contributed by atoms with Crippen molar-refractivity contribution >= 4 is 5.91 Å². The molecule has 21 heavy (non-hydrogen) atoms. The minimum atomic E-state index is -0.359. The first-order valence-corrected chi connectivity index (χ1v) is 7.45. The van der Waals surface area contributed by atoms with Crippen LogP contribution < -0.4 is 5.32 Å². The number of benzene rings is 2. The number of nitrogens with one attached hydrogen (secondary N) is 1. The Bertz CT molecular complexity index is 541. The van der Waals surface area contributed by atoms with Gasteiger partial charge in [-0.15, -0.1) is 0 Å². The standard InChI is InChI=1S/C19H23NO.H2/c1-4-19(2,3)18(21)20-17(15-11-7-5-8-12-15)16-13-9-6-10-14-16;/h5-14,17H,4H2,1-3H3,(H,20,21);1H. The van der Waals surface area contributed by atoms with Gasteiger partial charge in [-0.3, -0.25) is 4.79 Å². The molecular formula is C19H25NO. The van der Waals surface area contributed by atoms with E-state index in [1.165, 1.54) is 0 Å². The smallest absolute Gasteiger partial charge is 0.226 e. The molecule has 0 aromatic heterocycles. The van der Waals surface area contributed by atoms with Gasteiger partial charge in [0.2, 0.25) is 5.91 Å². The van der Waals surface area contributed by atoms with Crippen LogP contribution >= 0.6 is 0 Å². The van der Waals surface area contributed by atoms with Gasteiger partial charge in [-0.1, -0.05) is 81.4 Å². The lowest BCUT2D eigenvalue weighted by atomic mass is 9.88. The molecule has 0 unspecified atom stereocenters. The minimum Gasteiger partial charge on any atom is -0.345 e. The Morgan fingerprint density at radius 1 is 1.00 bits per heavy atom. The molecule has 0 aliphatic heterocycles. The summed E-state index contributed by atoms with van der Waals surface area (Å²) in [5.41, 5.74) is 1.84. The number of hydrogen-bond donors (Lipinski definition) is 1. The Labute approximate surface area is 128 Å². The summed E-state index contributed by atoms with van der Waals surface area (Å²) in [5.74, 6) is 0.0858. The van der Waals surface area contributed by atoms with Gasteiger partial charge in [0.05, 0.1) is 6.04 Å². The first-order valence-electron chi connectivity index (χ1n) is 7.45. The second kappa shape index (κ2) is 6.57. The summed E-state index contributed by atoms with van der Waals surface area (Å²) in [6, 6.07) is 20.1. The molecule has 112 valence electrons. The molecule has 2 aromatic rings. The summed E-state index contributed by atoms with van der Waals surface area (Å²) in [4.78, 5) is 12.5. The topological polar surface area (TPSA) is 29.1 Å². The van der Waals surface area contributed by atoms with E-state index in [1.807, 2.05) is 57.2 Å². The van der Waals surface area contributed by atoms with Gasteiger partial charge in [0.1, 0.15) is 0 Å². The van der Waals surface area contributed by atoms with Crippen LogP contribution in [0.4, 0.5) is 0 Å². The van der Waals surface area contributed by atoms with Gasteiger partial charge in [-0.2, -0.15) is 0 Å². The molecule has 2 nitrogen and oxygen atoms in total. The number of carbonyl (C=O) groups is 1. The lowest BCUT2D eigenvalue weighted by Crippen LogP contribution is -2.39. The van der Waals surface area contributed by atoms with Gasteiger partial charge < -0.3 is 5.32 Å². The quantitative estimate of drug-likeness (QED) is 0.855. The highest BCUT2D eigenvalue weighted by atomic mass is 16.2. The van der Waals surface area contributed by atoms with Gasteiger partial charge in [0, 0.05) is 6.84 Å². The van der Waals surface area contributed by atoms with E-state index in [-0.39, 0.29) is 18.8 Å². The van der Waals surface area contributed by atoms with Gasteiger partial charge in [0.15, 0.2) is 0 Å². The molecule has 2 rings (SSSR count). The van der Waals surface area contributed by atoms with Gasteiger partial charge in [0.25, 0.3) is 0 Å². The summed E-state index contributed by atoms with van der Waals surface area (Å²) in [6.07, 6.45) is 0.815. The van der Waals surface area contributed by atoms with Crippen molar-refractivity contribution < 1.29 is 6.22 Å².